The fourth-order valence-electron chi connectivity index (χ4n) is 4.02. The van der Waals surface area contributed by atoms with Crippen molar-refractivity contribution in [2.24, 2.45) is 0 Å². The monoisotopic (exact) mass is 367 g/mol. The van der Waals surface area contributed by atoms with Crippen molar-refractivity contribution in [2.45, 2.75) is 45.3 Å². The molecule has 1 aromatic heterocycles. The Balaban J connectivity index is 1.67. The highest BCUT2D eigenvalue weighted by Crippen LogP contribution is 2.39. The maximum absolute atomic E-state index is 12.5. The summed E-state index contributed by atoms with van der Waals surface area (Å²) in [7, 11) is 1.67. The van der Waals surface area contributed by atoms with Gasteiger partial charge >= 0.3 is 0 Å². The topological polar surface area (TPSA) is 56.6 Å². The van der Waals surface area contributed by atoms with Gasteiger partial charge in [0.05, 0.1) is 36.5 Å². The number of hydrogen-bond donors (Lipinski definition) is 0. The molecule has 0 N–H and O–H groups in total. The number of aryl methyl sites for hydroxylation is 1. The predicted octanol–water partition coefficient (Wildman–Crippen LogP) is 3.33. The highest BCUT2D eigenvalue weighted by molar-refractivity contribution is 5.82. The van der Waals surface area contributed by atoms with E-state index >= 15 is 0 Å². The molecule has 0 bridgehead atoms. The van der Waals surface area contributed by atoms with Gasteiger partial charge in [0.15, 0.2) is 0 Å². The Morgan fingerprint density at radius 3 is 2.89 bits per heavy atom. The van der Waals surface area contributed by atoms with E-state index in [-0.39, 0.29) is 24.2 Å². The number of amides is 1. The molecule has 6 nitrogen and oxygen atoms in total. The number of imidazole rings is 1. The van der Waals surface area contributed by atoms with Gasteiger partial charge in [0.1, 0.15) is 12.4 Å². The van der Waals surface area contributed by atoms with Crippen LogP contribution in [-0.2, 0) is 9.53 Å². The summed E-state index contributed by atoms with van der Waals surface area (Å²) in [6.07, 6.45) is 7.63. The zero-order valence-corrected chi connectivity index (χ0v) is 16.2. The second-order valence-corrected chi connectivity index (χ2v) is 7.70. The minimum Gasteiger partial charge on any atom is -0.495 e. The molecule has 2 aliphatic heterocycles. The van der Waals surface area contributed by atoms with Crippen molar-refractivity contribution in [1.82, 2.24) is 14.5 Å². The molecule has 1 unspecified atom stereocenters. The predicted molar refractivity (Wildman–Crippen MR) is 103 cm³/mol. The average Bonchev–Trinajstić information content (AvgIpc) is 3.26. The van der Waals surface area contributed by atoms with Gasteiger partial charge in [-0.15, -0.1) is 0 Å². The van der Waals surface area contributed by atoms with E-state index in [0.717, 1.165) is 41.2 Å². The van der Waals surface area contributed by atoms with E-state index in [0.29, 0.717) is 0 Å². The van der Waals surface area contributed by atoms with Crippen LogP contribution in [0.3, 0.4) is 0 Å². The normalized spacial score (nSPS) is 23.0. The SMILES string of the molecule is COc1cc(C=C2CCC3N2C(=O)COC3(C)C)ccc1-n1cnc(C)c1. The molecule has 0 spiro atoms. The summed E-state index contributed by atoms with van der Waals surface area (Å²) in [5.74, 6) is 0.811. The maximum Gasteiger partial charge on any atom is 0.253 e. The van der Waals surface area contributed by atoms with Crippen LogP contribution in [0.25, 0.3) is 11.8 Å². The van der Waals surface area contributed by atoms with E-state index in [1.807, 2.05) is 40.8 Å². The number of fused-ring (bicyclic) bond motifs is 1. The second-order valence-electron chi connectivity index (χ2n) is 7.70. The van der Waals surface area contributed by atoms with Crippen LogP contribution >= 0.6 is 0 Å². The molecule has 0 radical (unpaired) electrons. The van der Waals surface area contributed by atoms with Gasteiger partial charge < -0.3 is 18.9 Å². The summed E-state index contributed by atoms with van der Waals surface area (Å²) in [5, 5.41) is 0. The maximum atomic E-state index is 12.5. The molecule has 2 aromatic rings. The number of carbonyl (C=O) groups excluding carboxylic acids is 1. The Morgan fingerprint density at radius 2 is 2.19 bits per heavy atom. The number of nitrogens with zero attached hydrogens (tertiary/aromatic N) is 3. The summed E-state index contributed by atoms with van der Waals surface area (Å²) in [6, 6.07) is 6.16. The molecule has 2 fully saturated rings. The number of allylic oxidation sites excluding steroid dienone is 1. The van der Waals surface area contributed by atoms with Crippen molar-refractivity contribution in [3.8, 4) is 11.4 Å². The molecule has 3 heterocycles. The first-order valence-electron chi connectivity index (χ1n) is 9.24. The molecule has 2 aliphatic rings. The van der Waals surface area contributed by atoms with Crippen molar-refractivity contribution < 1.29 is 14.3 Å². The molecule has 1 aromatic carbocycles. The van der Waals surface area contributed by atoms with Gasteiger partial charge in [-0.2, -0.15) is 0 Å². The van der Waals surface area contributed by atoms with Gasteiger partial charge in [0.2, 0.25) is 0 Å². The van der Waals surface area contributed by atoms with Gasteiger partial charge in [-0.05, 0) is 57.4 Å². The molecule has 2 saturated heterocycles. The van der Waals surface area contributed by atoms with E-state index in [1.165, 1.54) is 0 Å². The van der Waals surface area contributed by atoms with Gasteiger partial charge in [-0.25, -0.2) is 4.98 Å². The number of morpholine rings is 1. The lowest BCUT2D eigenvalue weighted by molar-refractivity contribution is -0.163. The number of carbonyl (C=O) groups is 1. The number of methoxy groups -OCH3 is 1. The van der Waals surface area contributed by atoms with Crippen LogP contribution in [0.5, 0.6) is 5.75 Å². The van der Waals surface area contributed by atoms with Gasteiger partial charge in [0.25, 0.3) is 5.91 Å². The van der Waals surface area contributed by atoms with Crippen molar-refractivity contribution in [1.29, 1.82) is 0 Å². The van der Waals surface area contributed by atoms with Crippen LogP contribution in [0.2, 0.25) is 0 Å². The summed E-state index contributed by atoms with van der Waals surface area (Å²) in [6.45, 7) is 6.22. The number of hydrogen-bond acceptors (Lipinski definition) is 4. The number of aromatic nitrogens is 2. The molecule has 1 atom stereocenters. The fourth-order valence-corrected chi connectivity index (χ4v) is 4.02. The molecule has 0 saturated carbocycles. The van der Waals surface area contributed by atoms with Crippen LogP contribution < -0.4 is 4.74 Å². The first kappa shape index (κ1) is 17.8. The largest absolute Gasteiger partial charge is 0.495 e. The number of rotatable bonds is 3. The van der Waals surface area contributed by atoms with Crippen molar-refractivity contribution in [2.75, 3.05) is 13.7 Å². The molecular formula is C21H25N3O3. The smallest absolute Gasteiger partial charge is 0.253 e. The third-order valence-electron chi connectivity index (χ3n) is 5.46. The number of ether oxygens (including phenoxy) is 2. The van der Waals surface area contributed by atoms with Crippen LogP contribution in [0.15, 0.2) is 36.4 Å². The third-order valence-corrected chi connectivity index (χ3v) is 5.46. The van der Waals surface area contributed by atoms with Gasteiger partial charge in [-0.3, -0.25) is 4.79 Å². The Morgan fingerprint density at radius 1 is 1.37 bits per heavy atom. The molecule has 1 amide bonds. The van der Waals surface area contributed by atoms with Crippen LogP contribution in [0.4, 0.5) is 0 Å². The Labute approximate surface area is 159 Å². The van der Waals surface area contributed by atoms with E-state index in [1.54, 1.807) is 13.4 Å². The van der Waals surface area contributed by atoms with E-state index < -0.39 is 0 Å². The zero-order chi connectivity index (χ0) is 19.2. The lowest BCUT2D eigenvalue weighted by atomic mass is 9.95. The molecule has 27 heavy (non-hydrogen) atoms. The number of benzene rings is 1. The first-order chi connectivity index (χ1) is 12.9. The lowest BCUT2D eigenvalue weighted by Gasteiger charge is -2.42. The Kier molecular flexibility index (Phi) is 4.30. The van der Waals surface area contributed by atoms with Gasteiger partial charge in [-0.1, -0.05) is 6.07 Å². The Hall–Kier alpha value is -2.60. The van der Waals surface area contributed by atoms with Crippen LogP contribution in [0, 0.1) is 6.92 Å². The minimum absolute atomic E-state index is 0.0422. The first-order valence-corrected chi connectivity index (χ1v) is 9.24. The quantitative estimate of drug-likeness (QED) is 0.835. The summed E-state index contributed by atoms with van der Waals surface area (Å²) >= 11 is 0. The molecule has 4 rings (SSSR count). The highest BCUT2D eigenvalue weighted by Gasteiger charge is 2.46. The van der Waals surface area contributed by atoms with E-state index in [9.17, 15) is 4.79 Å². The molecule has 6 heteroatoms. The van der Waals surface area contributed by atoms with Gasteiger partial charge in [0, 0.05) is 11.9 Å². The van der Waals surface area contributed by atoms with Crippen LogP contribution in [0.1, 0.15) is 37.9 Å². The summed E-state index contributed by atoms with van der Waals surface area (Å²) < 4.78 is 13.3. The minimum atomic E-state index is -0.315. The van der Waals surface area contributed by atoms with Crippen molar-refractivity contribution in [3.63, 3.8) is 0 Å². The zero-order valence-electron chi connectivity index (χ0n) is 16.2. The van der Waals surface area contributed by atoms with Crippen molar-refractivity contribution in [3.05, 3.63) is 47.7 Å². The lowest BCUT2D eigenvalue weighted by Crippen LogP contribution is -2.55. The summed E-state index contributed by atoms with van der Waals surface area (Å²) in [4.78, 5) is 18.7. The van der Waals surface area contributed by atoms with Crippen LogP contribution in [-0.4, -0.2) is 45.7 Å². The standard InChI is InChI=1S/C21H25N3O3/c1-14-11-23(13-22-14)17-7-5-15(10-18(17)26-4)9-16-6-8-19-21(2,3)27-12-20(25)24(16)19/h5,7,9-11,13,19H,6,8,12H2,1-4H3. The molecule has 0 aliphatic carbocycles. The van der Waals surface area contributed by atoms with E-state index in [4.69, 9.17) is 9.47 Å². The fraction of sp³-hybridized carbons (Fsp3) is 0.429. The summed E-state index contributed by atoms with van der Waals surface area (Å²) in [5.41, 5.74) is 3.64. The average molecular weight is 367 g/mol. The van der Waals surface area contributed by atoms with E-state index in [2.05, 4.69) is 24.9 Å². The Bertz CT molecular complexity index is 913. The molecular weight excluding hydrogens is 342 g/mol. The van der Waals surface area contributed by atoms with Crippen molar-refractivity contribution >= 4 is 12.0 Å². The molecule has 142 valence electrons. The second kappa shape index (κ2) is 6.53. The highest BCUT2D eigenvalue weighted by atomic mass is 16.5. The third kappa shape index (κ3) is 3.14.